The Hall–Kier alpha value is -1.89. The van der Waals surface area contributed by atoms with Crippen LogP contribution in [0.25, 0.3) is 0 Å². The number of benzene rings is 2. The van der Waals surface area contributed by atoms with Gasteiger partial charge >= 0.3 is 0 Å². The summed E-state index contributed by atoms with van der Waals surface area (Å²) >= 11 is 14.7. The normalized spacial score (nSPS) is 10.5. The van der Waals surface area contributed by atoms with Gasteiger partial charge in [0.15, 0.2) is 5.11 Å². The molecule has 25 heavy (non-hydrogen) atoms. The summed E-state index contributed by atoms with van der Waals surface area (Å²) in [5, 5.41) is 12.0. The van der Waals surface area contributed by atoms with E-state index in [4.69, 9.17) is 23.8 Å². The number of halogens is 2. The maximum absolute atomic E-state index is 5.89. The van der Waals surface area contributed by atoms with Crippen molar-refractivity contribution >= 4 is 50.5 Å². The van der Waals surface area contributed by atoms with Crippen LogP contribution in [0.2, 0.25) is 5.02 Å². The van der Waals surface area contributed by atoms with Crippen LogP contribution in [0.1, 0.15) is 11.1 Å². The summed E-state index contributed by atoms with van der Waals surface area (Å²) in [5.74, 6) is 0. The van der Waals surface area contributed by atoms with E-state index in [2.05, 4.69) is 43.8 Å². The van der Waals surface area contributed by atoms with Crippen LogP contribution in [0.15, 0.2) is 65.4 Å². The standard InChI is InChI=1S/C18H16BrClN4S/c19-15-10-22-24(12-15)11-14-2-1-3-17(8-14)23-18(25)21-9-13-4-6-16(20)7-5-13/h1-8,10,12H,9,11H2,(H2,21,23,25). The smallest absolute Gasteiger partial charge is 0.171 e. The average molecular weight is 436 g/mol. The average Bonchev–Trinajstić information content (AvgIpc) is 2.99. The lowest BCUT2D eigenvalue weighted by Gasteiger charge is -2.12. The van der Waals surface area contributed by atoms with Gasteiger partial charge in [0.2, 0.25) is 0 Å². The molecule has 128 valence electrons. The molecule has 0 aliphatic carbocycles. The second kappa shape index (κ2) is 8.47. The van der Waals surface area contributed by atoms with E-state index in [0.717, 1.165) is 26.3 Å². The molecule has 2 aromatic carbocycles. The van der Waals surface area contributed by atoms with Gasteiger partial charge in [0.25, 0.3) is 0 Å². The van der Waals surface area contributed by atoms with Crippen molar-refractivity contribution in [2.24, 2.45) is 0 Å². The monoisotopic (exact) mass is 434 g/mol. The lowest BCUT2D eigenvalue weighted by atomic mass is 10.2. The molecule has 0 spiro atoms. The number of hydrogen-bond acceptors (Lipinski definition) is 2. The third-order valence-corrected chi connectivity index (χ3v) is 4.41. The van der Waals surface area contributed by atoms with Crippen molar-refractivity contribution < 1.29 is 0 Å². The summed E-state index contributed by atoms with van der Waals surface area (Å²) in [6.45, 7) is 1.34. The fourth-order valence-corrected chi connectivity index (χ4v) is 2.96. The van der Waals surface area contributed by atoms with Gasteiger partial charge in [0.1, 0.15) is 0 Å². The Morgan fingerprint density at radius 3 is 2.68 bits per heavy atom. The largest absolute Gasteiger partial charge is 0.358 e. The van der Waals surface area contributed by atoms with Crippen LogP contribution in [0.3, 0.4) is 0 Å². The topological polar surface area (TPSA) is 41.9 Å². The number of rotatable bonds is 5. The molecule has 3 aromatic rings. The van der Waals surface area contributed by atoms with Crippen LogP contribution < -0.4 is 10.6 Å². The van der Waals surface area contributed by atoms with Crippen LogP contribution >= 0.6 is 39.7 Å². The molecule has 0 saturated carbocycles. The van der Waals surface area contributed by atoms with Crippen molar-refractivity contribution in [2.45, 2.75) is 13.1 Å². The quantitative estimate of drug-likeness (QED) is 0.563. The number of nitrogens with zero attached hydrogens (tertiary/aromatic N) is 2. The van der Waals surface area contributed by atoms with E-state index in [1.54, 1.807) is 6.20 Å². The fraction of sp³-hybridized carbons (Fsp3) is 0.111. The molecular weight excluding hydrogens is 420 g/mol. The Bertz CT molecular complexity index is 864. The maximum atomic E-state index is 5.89. The van der Waals surface area contributed by atoms with E-state index in [0.29, 0.717) is 18.2 Å². The van der Waals surface area contributed by atoms with Gasteiger partial charge in [-0.05, 0) is 63.5 Å². The Kier molecular flexibility index (Phi) is 6.07. The van der Waals surface area contributed by atoms with Crippen molar-refractivity contribution in [1.29, 1.82) is 0 Å². The van der Waals surface area contributed by atoms with Crippen LogP contribution in [-0.2, 0) is 13.1 Å². The van der Waals surface area contributed by atoms with Crippen LogP contribution in [0, 0.1) is 0 Å². The Morgan fingerprint density at radius 2 is 1.96 bits per heavy atom. The minimum atomic E-state index is 0.578. The molecule has 0 atom stereocenters. The number of aromatic nitrogens is 2. The lowest BCUT2D eigenvalue weighted by Crippen LogP contribution is -2.27. The van der Waals surface area contributed by atoms with Gasteiger partial charge in [-0.2, -0.15) is 5.10 Å². The van der Waals surface area contributed by atoms with Gasteiger partial charge in [-0.3, -0.25) is 4.68 Å². The van der Waals surface area contributed by atoms with E-state index >= 15 is 0 Å². The Balaban J connectivity index is 1.55. The van der Waals surface area contributed by atoms with Gasteiger partial charge in [0, 0.05) is 23.5 Å². The number of anilines is 1. The molecule has 1 heterocycles. The first-order valence-electron chi connectivity index (χ1n) is 7.65. The molecule has 2 N–H and O–H groups in total. The molecule has 4 nitrogen and oxygen atoms in total. The number of hydrogen-bond donors (Lipinski definition) is 2. The third-order valence-electron chi connectivity index (χ3n) is 3.50. The van der Waals surface area contributed by atoms with E-state index in [9.17, 15) is 0 Å². The highest BCUT2D eigenvalue weighted by Gasteiger charge is 2.02. The van der Waals surface area contributed by atoms with E-state index in [1.807, 2.05) is 47.3 Å². The summed E-state index contributed by atoms with van der Waals surface area (Å²) in [6.07, 6.45) is 3.72. The molecular formula is C18H16BrClN4S. The summed E-state index contributed by atoms with van der Waals surface area (Å²) in [4.78, 5) is 0. The van der Waals surface area contributed by atoms with Gasteiger partial charge in [-0.25, -0.2) is 0 Å². The van der Waals surface area contributed by atoms with Gasteiger partial charge in [-0.15, -0.1) is 0 Å². The van der Waals surface area contributed by atoms with Crippen molar-refractivity contribution in [3.8, 4) is 0 Å². The first kappa shape index (κ1) is 17.9. The molecule has 1 aromatic heterocycles. The van der Waals surface area contributed by atoms with Gasteiger partial charge in [0.05, 0.1) is 17.2 Å². The van der Waals surface area contributed by atoms with Gasteiger partial charge < -0.3 is 10.6 Å². The van der Waals surface area contributed by atoms with Crippen LogP contribution in [-0.4, -0.2) is 14.9 Å². The summed E-state index contributed by atoms with van der Waals surface area (Å²) in [5.41, 5.74) is 3.20. The minimum absolute atomic E-state index is 0.578. The summed E-state index contributed by atoms with van der Waals surface area (Å²) < 4.78 is 2.84. The molecule has 7 heteroatoms. The molecule has 0 saturated heterocycles. The molecule has 0 bridgehead atoms. The molecule has 0 fully saturated rings. The van der Waals surface area contributed by atoms with Gasteiger partial charge in [-0.1, -0.05) is 35.9 Å². The number of thiocarbonyl (C=S) groups is 1. The Labute approximate surface area is 165 Å². The molecule has 0 radical (unpaired) electrons. The highest BCUT2D eigenvalue weighted by Crippen LogP contribution is 2.14. The predicted molar refractivity (Wildman–Crippen MR) is 110 cm³/mol. The molecule has 0 amide bonds. The third kappa shape index (κ3) is 5.56. The Morgan fingerprint density at radius 1 is 1.16 bits per heavy atom. The lowest BCUT2D eigenvalue weighted by molar-refractivity contribution is 0.687. The van der Waals surface area contributed by atoms with E-state index in [-0.39, 0.29) is 0 Å². The van der Waals surface area contributed by atoms with Crippen molar-refractivity contribution in [1.82, 2.24) is 15.1 Å². The van der Waals surface area contributed by atoms with Crippen LogP contribution in [0.5, 0.6) is 0 Å². The SMILES string of the molecule is S=C(NCc1ccc(Cl)cc1)Nc1cccc(Cn2cc(Br)cn2)c1. The van der Waals surface area contributed by atoms with Crippen molar-refractivity contribution in [3.05, 3.63) is 81.5 Å². The maximum Gasteiger partial charge on any atom is 0.171 e. The van der Waals surface area contributed by atoms with Crippen molar-refractivity contribution in [3.63, 3.8) is 0 Å². The summed E-state index contributed by atoms with van der Waals surface area (Å²) in [7, 11) is 0. The van der Waals surface area contributed by atoms with E-state index in [1.165, 1.54) is 0 Å². The summed E-state index contributed by atoms with van der Waals surface area (Å²) in [6, 6.07) is 15.8. The highest BCUT2D eigenvalue weighted by atomic mass is 79.9. The first-order chi connectivity index (χ1) is 12.1. The number of nitrogens with one attached hydrogen (secondary N) is 2. The molecule has 0 aliphatic rings. The van der Waals surface area contributed by atoms with Crippen LogP contribution in [0.4, 0.5) is 5.69 Å². The molecule has 0 aliphatic heterocycles. The second-order valence-electron chi connectivity index (χ2n) is 5.49. The molecule has 3 rings (SSSR count). The zero-order chi connectivity index (χ0) is 17.6. The molecule has 0 unspecified atom stereocenters. The minimum Gasteiger partial charge on any atom is -0.358 e. The zero-order valence-corrected chi connectivity index (χ0v) is 16.4. The predicted octanol–water partition coefficient (Wildman–Crippen LogP) is 4.83. The zero-order valence-electron chi connectivity index (χ0n) is 13.2. The second-order valence-corrected chi connectivity index (χ2v) is 7.25. The first-order valence-corrected chi connectivity index (χ1v) is 9.22. The van der Waals surface area contributed by atoms with E-state index < -0.39 is 0 Å². The highest BCUT2D eigenvalue weighted by molar-refractivity contribution is 9.10. The fourth-order valence-electron chi connectivity index (χ4n) is 2.32. The van der Waals surface area contributed by atoms with Crippen molar-refractivity contribution in [2.75, 3.05) is 5.32 Å².